The first-order chi connectivity index (χ1) is 7.74. The van der Waals surface area contributed by atoms with E-state index in [2.05, 4.69) is 5.32 Å². The number of amides is 2. The van der Waals surface area contributed by atoms with E-state index in [0.717, 1.165) is 25.7 Å². The van der Waals surface area contributed by atoms with Crippen molar-refractivity contribution in [3.05, 3.63) is 0 Å². The fourth-order valence-corrected chi connectivity index (χ4v) is 2.61. The second kappa shape index (κ2) is 4.93. The predicted octanol–water partition coefficient (Wildman–Crippen LogP) is -0.395. The first kappa shape index (κ1) is 11.5. The largest absolute Gasteiger partial charge is 0.329 e. The Morgan fingerprint density at radius 2 is 2.00 bits per heavy atom. The Kier molecular flexibility index (Phi) is 3.56. The third-order valence-electron chi connectivity index (χ3n) is 3.41. The fourth-order valence-electron chi connectivity index (χ4n) is 2.61. The van der Waals surface area contributed by atoms with Gasteiger partial charge in [-0.05, 0) is 12.8 Å². The molecular formula is C11H19N3O2. The minimum absolute atomic E-state index is 0.0218. The smallest absolute Gasteiger partial charge is 0.247 e. The molecule has 0 aromatic heterocycles. The van der Waals surface area contributed by atoms with Crippen molar-refractivity contribution >= 4 is 11.8 Å². The van der Waals surface area contributed by atoms with Crippen LogP contribution >= 0.6 is 0 Å². The number of rotatable bonds is 4. The second-order valence-electron chi connectivity index (χ2n) is 4.54. The number of hydrogen-bond donors (Lipinski definition) is 2. The Balaban J connectivity index is 1.98. The van der Waals surface area contributed by atoms with Crippen LogP contribution in [0, 0.1) is 0 Å². The number of carbonyl (C=O) groups excluding carboxylic acids is 2. The Bertz CT molecular complexity index is 287. The van der Waals surface area contributed by atoms with Crippen molar-refractivity contribution in [2.45, 2.75) is 44.2 Å². The number of nitrogens with zero attached hydrogens (tertiary/aromatic N) is 1. The van der Waals surface area contributed by atoms with Gasteiger partial charge in [0.25, 0.3) is 0 Å². The molecule has 1 saturated carbocycles. The fraction of sp³-hybridized carbons (Fsp3) is 0.818. The van der Waals surface area contributed by atoms with Crippen molar-refractivity contribution in [2.24, 2.45) is 5.73 Å². The van der Waals surface area contributed by atoms with Crippen LogP contribution in [0.15, 0.2) is 0 Å². The average Bonchev–Trinajstić information content (AvgIpc) is 2.85. The summed E-state index contributed by atoms with van der Waals surface area (Å²) in [5.74, 6) is -0.0724. The van der Waals surface area contributed by atoms with Gasteiger partial charge in [-0.3, -0.25) is 14.5 Å². The lowest BCUT2D eigenvalue weighted by molar-refractivity contribution is -0.141. The van der Waals surface area contributed by atoms with Gasteiger partial charge in [0.05, 0.1) is 12.5 Å². The number of imide groups is 1. The molecule has 1 atom stereocenters. The molecule has 3 N–H and O–H groups in total. The minimum Gasteiger partial charge on any atom is -0.329 e. The SMILES string of the molecule is NCCNC1CC(=O)N(C2CCCC2)C1=O. The summed E-state index contributed by atoms with van der Waals surface area (Å²) in [6.07, 6.45) is 4.50. The van der Waals surface area contributed by atoms with Gasteiger partial charge >= 0.3 is 0 Å². The van der Waals surface area contributed by atoms with Crippen molar-refractivity contribution in [1.82, 2.24) is 10.2 Å². The molecule has 2 aliphatic rings. The first-order valence-electron chi connectivity index (χ1n) is 6.03. The van der Waals surface area contributed by atoms with Crippen LogP contribution in [-0.2, 0) is 9.59 Å². The monoisotopic (exact) mass is 225 g/mol. The summed E-state index contributed by atoms with van der Waals surface area (Å²) >= 11 is 0. The second-order valence-corrected chi connectivity index (χ2v) is 4.54. The molecule has 2 fully saturated rings. The van der Waals surface area contributed by atoms with Gasteiger partial charge in [0.15, 0.2) is 0 Å². The van der Waals surface area contributed by atoms with Gasteiger partial charge in [-0.2, -0.15) is 0 Å². The maximum Gasteiger partial charge on any atom is 0.247 e. The topological polar surface area (TPSA) is 75.4 Å². The van der Waals surface area contributed by atoms with Gasteiger partial charge < -0.3 is 11.1 Å². The van der Waals surface area contributed by atoms with E-state index in [1.54, 1.807) is 0 Å². The Morgan fingerprint density at radius 1 is 1.31 bits per heavy atom. The molecule has 1 saturated heterocycles. The highest BCUT2D eigenvalue weighted by Gasteiger charge is 2.42. The lowest BCUT2D eigenvalue weighted by Crippen LogP contribution is -2.44. The molecule has 1 heterocycles. The zero-order chi connectivity index (χ0) is 11.5. The van der Waals surface area contributed by atoms with E-state index in [1.807, 2.05) is 0 Å². The van der Waals surface area contributed by atoms with Gasteiger partial charge in [0.2, 0.25) is 11.8 Å². The molecule has 1 unspecified atom stereocenters. The molecule has 2 rings (SSSR count). The third kappa shape index (κ3) is 2.10. The summed E-state index contributed by atoms with van der Waals surface area (Å²) in [6.45, 7) is 1.07. The van der Waals surface area contributed by atoms with Crippen molar-refractivity contribution in [3.63, 3.8) is 0 Å². The first-order valence-corrected chi connectivity index (χ1v) is 6.03. The number of nitrogens with two attached hydrogens (primary N) is 1. The molecule has 0 bridgehead atoms. The van der Waals surface area contributed by atoms with Crippen molar-refractivity contribution in [2.75, 3.05) is 13.1 Å². The highest BCUT2D eigenvalue weighted by Crippen LogP contribution is 2.27. The van der Waals surface area contributed by atoms with E-state index in [1.165, 1.54) is 4.90 Å². The highest BCUT2D eigenvalue weighted by molar-refractivity contribution is 6.05. The van der Waals surface area contributed by atoms with Crippen LogP contribution in [0.2, 0.25) is 0 Å². The summed E-state index contributed by atoms with van der Waals surface area (Å²) in [5, 5.41) is 3.03. The maximum atomic E-state index is 12.0. The molecule has 0 spiro atoms. The molecule has 90 valence electrons. The third-order valence-corrected chi connectivity index (χ3v) is 3.41. The van der Waals surface area contributed by atoms with Crippen molar-refractivity contribution < 1.29 is 9.59 Å². The van der Waals surface area contributed by atoms with E-state index in [-0.39, 0.29) is 23.9 Å². The van der Waals surface area contributed by atoms with E-state index < -0.39 is 0 Å². The molecule has 0 aromatic rings. The zero-order valence-electron chi connectivity index (χ0n) is 9.45. The number of carbonyl (C=O) groups is 2. The predicted molar refractivity (Wildman–Crippen MR) is 59.6 cm³/mol. The standard InChI is InChI=1S/C11H19N3O2/c12-5-6-13-9-7-10(15)14(11(9)16)8-3-1-2-4-8/h8-9,13H,1-7,12H2. The lowest BCUT2D eigenvalue weighted by atomic mass is 10.2. The number of hydrogen-bond acceptors (Lipinski definition) is 4. The Morgan fingerprint density at radius 3 is 2.62 bits per heavy atom. The summed E-state index contributed by atoms with van der Waals surface area (Å²) in [6, 6.07) is -0.179. The lowest BCUT2D eigenvalue weighted by Gasteiger charge is -2.22. The van der Waals surface area contributed by atoms with E-state index in [0.29, 0.717) is 19.5 Å². The van der Waals surface area contributed by atoms with Gasteiger partial charge in [-0.15, -0.1) is 0 Å². The van der Waals surface area contributed by atoms with Crippen molar-refractivity contribution in [3.8, 4) is 0 Å². The van der Waals surface area contributed by atoms with Gasteiger partial charge in [0.1, 0.15) is 0 Å². The van der Waals surface area contributed by atoms with E-state index in [9.17, 15) is 9.59 Å². The molecule has 16 heavy (non-hydrogen) atoms. The Labute approximate surface area is 95.3 Å². The minimum atomic E-state index is -0.336. The van der Waals surface area contributed by atoms with E-state index >= 15 is 0 Å². The zero-order valence-corrected chi connectivity index (χ0v) is 9.45. The molecule has 5 nitrogen and oxygen atoms in total. The van der Waals surface area contributed by atoms with Gasteiger partial charge in [-0.1, -0.05) is 12.8 Å². The molecule has 0 aromatic carbocycles. The van der Waals surface area contributed by atoms with Crippen LogP contribution < -0.4 is 11.1 Å². The van der Waals surface area contributed by atoms with Crippen LogP contribution in [0.5, 0.6) is 0 Å². The van der Waals surface area contributed by atoms with Crippen LogP contribution in [0.3, 0.4) is 0 Å². The molecular weight excluding hydrogens is 206 g/mol. The molecule has 0 radical (unpaired) electrons. The molecule has 1 aliphatic heterocycles. The van der Waals surface area contributed by atoms with Crippen LogP contribution in [0.25, 0.3) is 0 Å². The highest BCUT2D eigenvalue weighted by atomic mass is 16.2. The number of likely N-dealkylation sites (tertiary alicyclic amines) is 1. The summed E-state index contributed by atoms with van der Waals surface area (Å²) in [4.78, 5) is 25.3. The van der Waals surface area contributed by atoms with Crippen LogP contribution in [-0.4, -0.2) is 41.9 Å². The van der Waals surface area contributed by atoms with E-state index in [4.69, 9.17) is 5.73 Å². The van der Waals surface area contributed by atoms with Gasteiger partial charge in [0, 0.05) is 19.1 Å². The molecule has 1 aliphatic carbocycles. The summed E-state index contributed by atoms with van der Waals surface area (Å²) < 4.78 is 0. The summed E-state index contributed by atoms with van der Waals surface area (Å²) in [5.41, 5.74) is 5.37. The number of nitrogens with one attached hydrogen (secondary N) is 1. The Hall–Kier alpha value is -0.940. The molecule has 5 heteroatoms. The van der Waals surface area contributed by atoms with Crippen LogP contribution in [0.4, 0.5) is 0 Å². The average molecular weight is 225 g/mol. The normalized spacial score (nSPS) is 27.1. The van der Waals surface area contributed by atoms with Crippen LogP contribution in [0.1, 0.15) is 32.1 Å². The molecule has 2 amide bonds. The summed E-state index contributed by atoms with van der Waals surface area (Å²) in [7, 11) is 0. The van der Waals surface area contributed by atoms with Crippen molar-refractivity contribution in [1.29, 1.82) is 0 Å². The maximum absolute atomic E-state index is 12.0. The quantitative estimate of drug-likeness (QED) is 0.639. The van der Waals surface area contributed by atoms with Gasteiger partial charge in [-0.25, -0.2) is 0 Å².